The Morgan fingerprint density at radius 1 is 1.20 bits per heavy atom. The van der Waals surface area contributed by atoms with Crippen LogP contribution in [0, 0.1) is 5.92 Å². The van der Waals surface area contributed by atoms with E-state index in [0.29, 0.717) is 17.9 Å². The monoisotopic (exact) mass is 274 g/mol. The minimum Gasteiger partial charge on any atom is -0.381 e. The van der Waals surface area contributed by atoms with Crippen molar-refractivity contribution in [1.82, 2.24) is 5.43 Å². The Labute approximate surface area is 121 Å². The molecule has 110 valence electrons. The molecule has 1 aromatic carbocycles. The van der Waals surface area contributed by atoms with E-state index in [-0.39, 0.29) is 0 Å². The largest absolute Gasteiger partial charge is 0.381 e. The maximum absolute atomic E-state index is 5.85. The van der Waals surface area contributed by atoms with Crippen molar-refractivity contribution in [3.63, 3.8) is 0 Å². The highest BCUT2D eigenvalue weighted by atomic mass is 16.5. The zero-order chi connectivity index (χ0) is 13.8. The number of hydrogen-bond acceptors (Lipinski definition) is 3. The first-order valence-electron chi connectivity index (χ1n) is 8.00. The van der Waals surface area contributed by atoms with E-state index >= 15 is 0 Å². The van der Waals surface area contributed by atoms with Gasteiger partial charge in [0.2, 0.25) is 0 Å². The van der Waals surface area contributed by atoms with Gasteiger partial charge in [-0.05, 0) is 61.5 Å². The summed E-state index contributed by atoms with van der Waals surface area (Å²) in [5.41, 5.74) is 6.20. The van der Waals surface area contributed by atoms with Crippen LogP contribution in [-0.2, 0) is 11.2 Å². The minimum absolute atomic E-state index is 0.426. The van der Waals surface area contributed by atoms with Crippen LogP contribution in [0.25, 0.3) is 0 Å². The van der Waals surface area contributed by atoms with E-state index in [1.165, 1.54) is 19.3 Å². The predicted molar refractivity (Wildman–Crippen MR) is 81.4 cm³/mol. The molecule has 0 aromatic heterocycles. The Hall–Kier alpha value is -0.900. The summed E-state index contributed by atoms with van der Waals surface area (Å²) in [6.45, 7) is 1.79. The number of nitrogens with two attached hydrogens (primary N) is 1. The lowest BCUT2D eigenvalue weighted by Crippen LogP contribution is -2.44. The zero-order valence-electron chi connectivity index (χ0n) is 12.2. The van der Waals surface area contributed by atoms with Gasteiger partial charge in [-0.1, -0.05) is 24.3 Å². The van der Waals surface area contributed by atoms with E-state index in [1.54, 1.807) is 11.1 Å². The molecule has 0 radical (unpaired) electrons. The Morgan fingerprint density at radius 3 is 2.80 bits per heavy atom. The maximum Gasteiger partial charge on any atom is 0.0469 e. The maximum atomic E-state index is 5.85. The van der Waals surface area contributed by atoms with Crippen molar-refractivity contribution in [3.05, 3.63) is 35.4 Å². The van der Waals surface area contributed by atoms with Gasteiger partial charge in [-0.3, -0.25) is 11.3 Å². The number of hydrogen-bond donors (Lipinski definition) is 2. The second kappa shape index (κ2) is 6.70. The van der Waals surface area contributed by atoms with Crippen molar-refractivity contribution < 1.29 is 4.74 Å². The predicted octanol–water partition coefficient (Wildman–Crippen LogP) is 2.76. The highest BCUT2D eigenvalue weighted by molar-refractivity contribution is 5.32. The molecule has 3 nitrogen and oxygen atoms in total. The highest BCUT2D eigenvalue weighted by Gasteiger charge is 2.28. The molecule has 1 aliphatic heterocycles. The summed E-state index contributed by atoms with van der Waals surface area (Å²) >= 11 is 0. The van der Waals surface area contributed by atoms with Gasteiger partial charge in [-0.15, -0.1) is 0 Å². The Morgan fingerprint density at radius 2 is 2.00 bits per heavy atom. The van der Waals surface area contributed by atoms with Gasteiger partial charge in [0.25, 0.3) is 0 Å². The van der Waals surface area contributed by atoms with Crippen LogP contribution in [0.5, 0.6) is 0 Å². The number of ether oxygens (including phenoxy) is 1. The number of aryl methyl sites for hydroxylation is 1. The molecule has 0 saturated carbocycles. The summed E-state index contributed by atoms with van der Waals surface area (Å²) in [6, 6.07) is 9.38. The second-order valence-electron chi connectivity index (χ2n) is 6.25. The number of nitrogens with one attached hydrogen (secondary N) is 1. The fraction of sp³-hybridized carbons (Fsp3) is 0.647. The summed E-state index contributed by atoms with van der Waals surface area (Å²) in [5, 5.41) is 0. The molecule has 2 unspecified atom stereocenters. The summed E-state index contributed by atoms with van der Waals surface area (Å²) in [7, 11) is 0. The molecule has 3 heteroatoms. The van der Waals surface area contributed by atoms with Gasteiger partial charge in [0.05, 0.1) is 0 Å². The summed E-state index contributed by atoms with van der Waals surface area (Å²) in [6.07, 6.45) is 7.31. The molecule has 3 N–H and O–H groups in total. The molecule has 0 spiro atoms. The molecular weight excluding hydrogens is 248 g/mol. The van der Waals surface area contributed by atoms with Crippen molar-refractivity contribution in [2.24, 2.45) is 11.8 Å². The number of hydrazine groups is 1. The minimum atomic E-state index is 0.426. The first-order valence-corrected chi connectivity index (χ1v) is 8.00. The Balaban J connectivity index is 1.70. The normalized spacial score (nSPS) is 25.1. The number of rotatable bonds is 4. The lowest BCUT2D eigenvalue weighted by molar-refractivity contribution is 0.0513. The number of benzene rings is 1. The molecule has 1 aromatic rings. The summed E-state index contributed by atoms with van der Waals surface area (Å²) in [5.74, 6) is 7.19. The molecule has 20 heavy (non-hydrogen) atoms. The van der Waals surface area contributed by atoms with Gasteiger partial charge >= 0.3 is 0 Å². The average molecular weight is 274 g/mol. The molecular formula is C17H26N2O. The van der Waals surface area contributed by atoms with Crippen molar-refractivity contribution in [2.75, 3.05) is 13.2 Å². The highest BCUT2D eigenvalue weighted by Crippen LogP contribution is 2.36. The van der Waals surface area contributed by atoms with Crippen LogP contribution >= 0.6 is 0 Å². The van der Waals surface area contributed by atoms with Gasteiger partial charge in [0.1, 0.15) is 0 Å². The molecule has 1 heterocycles. The van der Waals surface area contributed by atoms with Crippen LogP contribution in [0.1, 0.15) is 49.1 Å². The standard InChI is InChI=1S/C17H26N2O/c18-19-17(14-8-10-20-11-9-14)12-15-6-3-5-13-4-1-2-7-16(13)15/h1-2,4,7,14-15,17,19H,3,5-6,8-12,18H2. The topological polar surface area (TPSA) is 47.3 Å². The zero-order valence-corrected chi connectivity index (χ0v) is 12.2. The van der Waals surface area contributed by atoms with Crippen molar-refractivity contribution in [3.8, 4) is 0 Å². The molecule has 2 atom stereocenters. The Kier molecular flexibility index (Phi) is 4.71. The van der Waals surface area contributed by atoms with Crippen LogP contribution in [-0.4, -0.2) is 19.3 Å². The summed E-state index contributed by atoms with van der Waals surface area (Å²) in [4.78, 5) is 0. The molecule has 3 rings (SSSR count). The smallest absolute Gasteiger partial charge is 0.0469 e. The van der Waals surface area contributed by atoms with Crippen LogP contribution in [0.4, 0.5) is 0 Å². The van der Waals surface area contributed by atoms with Crippen molar-refractivity contribution >= 4 is 0 Å². The third-order valence-corrected chi connectivity index (χ3v) is 5.08. The quantitative estimate of drug-likeness (QED) is 0.655. The van der Waals surface area contributed by atoms with Gasteiger partial charge in [-0.2, -0.15) is 0 Å². The Bertz CT molecular complexity index is 429. The fourth-order valence-corrected chi connectivity index (χ4v) is 3.92. The third-order valence-electron chi connectivity index (χ3n) is 5.08. The van der Waals surface area contributed by atoms with Crippen LogP contribution in [0.15, 0.2) is 24.3 Å². The van der Waals surface area contributed by atoms with E-state index in [1.807, 2.05) is 0 Å². The van der Waals surface area contributed by atoms with Gasteiger partial charge in [0, 0.05) is 19.3 Å². The van der Waals surface area contributed by atoms with Crippen LogP contribution in [0.3, 0.4) is 0 Å². The van der Waals surface area contributed by atoms with Crippen molar-refractivity contribution in [2.45, 2.75) is 50.5 Å². The molecule has 0 bridgehead atoms. The average Bonchev–Trinajstić information content (AvgIpc) is 2.53. The number of fused-ring (bicyclic) bond motifs is 1. The van der Waals surface area contributed by atoms with E-state index in [9.17, 15) is 0 Å². The lowest BCUT2D eigenvalue weighted by atomic mass is 9.77. The van der Waals surface area contributed by atoms with Gasteiger partial charge in [-0.25, -0.2) is 0 Å². The summed E-state index contributed by atoms with van der Waals surface area (Å²) < 4.78 is 5.47. The lowest BCUT2D eigenvalue weighted by Gasteiger charge is -2.34. The van der Waals surface area contributed by atoms with E-state index < -0.39 is 0 Å². The molecule has 2 aliphatic rings. The van der Waals surface area contributed by atoms with Crippen LogP contribution < -0.4 is 11.3 Å². The van der Waals surface area contributed by atoms with Crippen molar-refractivity contribution in [1.29, 1.82) is 0 Å². The molecule has 1 aliphatic carbocycles. The van der Waals surface area contributed by atoms with Gasteiger partial charge in [0.15, 0.2) is 0 Å². The SMILES string of the molecule is NNC(CC1CCCc2ccccc21)C1CCOCC1. The first-order chi connectivity index (χ1) is 9.88. The fourth-order valence-electron chi connectivity index (χ4n) is 3.92. The van der Waals surface area contributed by atoms with Crippen LogP contribution in [0.2, 0.25) is 0 Å². The molecule has 0 amide bonds. The van der Waals surface area contributed by atoms with E-state index in [0.717, 1.165) is 32.5 Å². The molecule has 1 fully saturated rings. The van der Waals surface area contributed by atoms with E-state index in [2.05, 4.69) is 29.7 Å². The first kappa shape index (κ1) is 14.1. The third kappa shape index (κ3) is 3.05. The van der Waals surface area contributed by atoms with Gasteiger partial charge < -0.3 is 4.74 Å². The second-order valence-corrected chi connectivity index (χ2v) is 6.25. The molecule has 1 saturated heterocycles. The van der Waals surface area contributed by atoms with E-state index in [4.69, 9.17) is 10.6 Å².